The molecule has 110 valence electrons. The summed E-state index contributed by atoms with van der Waals surface area (Å²) in [4.78, 5) is 24.1. The van der Waals surface area contributed by atoms with Crippen molar-refractivity contribution in [3.8, 4) is 11.1 Å². The number of aliphatic hydroxyl groups is 1. The summed E-state index contributed by atoms with van der Waals surface area (Å²) in [5, 5.41) is 11.1. The van der Waals surface area contributed by atoms with Gasteiger partial charge in [-0.05, 0) is 48.9 Å². The van der Waals surface area contributed by atoms with Crippen molar-refractivity contribution in [2.24, 2.45) is 5.73 Å². The zero-order valence-corrected chi connectivity index (χ0v) is 13.0. The van der Waals surface area contributed by atoms with Gasteiger partial charge in [-0.15, -0.1) is 11.3 Å². The van der Waals surface area contributed by atoms with Crippen molar-refractivity contribution in [2.75, 3.05) is 6.61 Å². The number of benzene rings is 1. The van der Waals surface area contributed by atoms with Crippen LogP contribution >= 0.6 is 11.3 Å². The second-order valence-corrected chi connectivity index (χ2v) is 5.95. The van der Waals surface area contributed by atoms with Crippen LogP contribution < -0.4 is 5.73 Å². The van der Waals surface area contributed by atoms with Crippen LogP contribution in [0.2, 0.25) is 0 Å². The molecule has 1 amide bonds. The number of Topliss-reactive ketones (excluding diaryl/α,β-unsaturated/α-hetero) is 1. The summed E-state index contributed by atoms with van der Waals surface area (Å²) in [6.45, 7) is 5.09. The molecule has 4 nitrogen and oxygen atoms in total. The molecule has 0 radical (unpaired) electrons. The molecule has 0 aliphatic rings. The fourth-order valence-corrected chi connectivity index (χ4v) is 3.45. The third-order valence-electron chi connectivity index (χ3n) is 3.37. The number of nitrogens with two attached hydrogens (primary N) is 1. The lowest BCUT2D eigenvalue weighted by Crippen LogP contribution is -2.13. The molecule has 0 atom stereocenters. The third kappa shape index (κ3) is 2.75. The lowest BCUT2D eigenvalue weighted by atomic mass is 9.89. The normalized spacial score (nSPS) is 10.7. The highest BCUT2D eigenvalue weighted by Crippen LogP contribution is 2.37. The van der Waals surface area contributed by atoms with Crippen molar-refractivity contribution in [1.82, 2.24) is 0 Å². The van der Waals surface area contributed by atoms with E-state index in [9.17, 15) is 14.7 Å². The monoisotopic (exact) mass is 303 g/mol. The smallest absolute Gasteiger partial charge is 0.259 e. The van der Waals surface area contributed by atoms with Gasteiger partial charge in [0.15, 0.2) is 5.78 Å². The maximum Gasteiger partial charge on any atom is 0.259 e. The van der Waals surface area contributed by atoms with Crippen molar-refractivity contribution in [1.29, 1.82) is 0 Å². The molecular formula is C16H17NO3S. The lowest BCUT2D eigenvalue weighted by Gasteiger charge is -2.14. The first kappa shape index (κ1) is 15.4. The van der Waals surface area contributed by atoms with Crippen molar-refractivity contribution in [3.63, 3.8) is 0 Å². The minimum absolute atomic E-state index is 0.363. The van der Waals surface area contributed by atoms with Gasteiger partial charge in [-0.3, -0.25) is 9.59 Å². The summed E-state index contributed by atoms with van der Waals surface area (Å²) in [5.74, 6) is -0.872. The molecule has 1 aromatic heterocycles. The number of hydrogen-bond acceptors (Lipinski definition) is 4. The number of thiophene rings is 1. The average Bonchev–Trinajstić information content (AvgIpc) is 2.79. The molecule has 0 saturated carbocycles. The van der Waals surface area contributed by atoms with E-state index in [0.29, 0.717) is 21.6 Å². The summed E-state index contributed by atoms with van der Waals surface area (Å²) < 4.78 is 0. The molecule has 1 heterocycles. The van der Waals surface area contributed by atoms with Gasteiger partial charge in [-0.1, -0.05) is 11.6 Å². The van der Waals surface area contributed by atoms with Crippen LogP contribution in [0.25, 0.3) is 11.1 Å². The lowest BCUT2D eigenvalue weighted by molar-refractivity contribution is 0.0903. The van der Waals surface area contributed by atoms with Gasteiger partial charge in [0.25, 0.3) is 5.91 Å². The van der Waals surface area contributed by atoms with Crippen molar-refractivity contribution in [2.45, 2.75) is 20.8 Å². The Morgan fingerprint density at radius 1 is 1.14 bits per heavy atom. The van der Waals surface area contributed by atoms with Crippen molar-refractivity contribution >= 4 is 23.0 Å². The van der Waals surface area contributed by atoms with E-state index in [4.69, 9.17) is 5.73 Å². The van der Waals surface area contributed by atoms with Crippen molar-refractivity contribution < 1.29 is 14.7 Å². The van der Waals surface area contributed by atoms with Crippen LogP contribution in [0.1, 0.15) is 36.7 Å². The van der Waals surface area contributed by atoms with Crippen LogP contribution in [-0.2, 0) is 0 Å². The zero-order valence-electron chi connectivity index (χ0n) is 12.2. The van der Waals surface area contributed by atoms with Gasteiger partial charge in [0.1, 0.15) is 6.61 Å². The van der Waals surface area contributed by atoms with Crippen LogP contribution in [0.4, 0.5) is 0 Å². The SMILES string of the molecule is Cc1cc(C)c(-c2c(C)csc2C(N)=O)c(C(=O)CO)c1. The maximum atomic E-state index is 12.1. The number of aryl methyl sites for hydroxylation is 3. The second kappa shape index (κ2) is 5.79. The number of carbonyl (C=O) groups is 2. The second-order valence-electron chi connectivity index (χ2n) is 5.07. The Balaban J connectivity index is 2.84. The first-order valence-corrected chi connectivity index (χ1v) is 7.38. The highest BCUT2D eigenvalue weighted by atomic mass is 32.1. The molecule has 0 aliphatic heterocycles. The molecular weight excluding hydrogens is 286 g/mol. The predicted molar refractivity (Wildman–Crippen MR) is 83.9 cm³/mol. The van der Waals surface area contributed by atoms with Gasteiger partial charge in [0, 0.05) is 11.1 Å². The Morgan fingerprint density at radius 2 is 1.81 bits per heavy atom. The quantitative estimate of drug-likeness (QED) is 0.852. The highest BCUT2D eigenvalue weighted by molar-refractivity contribution is 7.12. The Kier molecular flexibility index (Phi) is 4.25. The Labute approximate surface area is 127 Å². The van der Waals surface area contributed by atoms with E-state index in [0.717, 1.165) is 16.7 Å². The molecule has 0 saturated heterocycles. The summed E-state index contributed by atoms with van der Waals surface area (Å²) in [6, 6.07) is 3.69. The van der Waals surface area contributed by atoms with E-state index < -0.39 is 12.5 Å². The van der Waals surface area contributed by atoms with E-state index >= 15 is 0 Å². The molecule has 0 fully saturated rings. The van der Waals surface area contributed by atoms with Crippen LogP contribution in [0.3, 0.4) is 0 Å². The van der Waals surface area contributed by atoms with Gasteiger partial charge in [0.2, 0.25) is 0 Å². The number of carbonyl (C=O) groups excluding carboxylic acids is 2. The average molecular weight is 303 g/mol. The van der Waals surface area contributed by atoms with Gasteiger partial charge in [-0.25, -0.2) is 0 Å². The summed E-state index contributed by atoms with van der Waals surface area (Å²) in [7, 11) is 0. The van der Waals surface area contributed by atoms with Crippen LogP contribution in [0.5, 0.6) is 0 Å². The molecule has 0 bridgehead atoms. The van der Waals surface area contributed by atoms with E-state index in [2.05, 4.69) is 0 Å². The van der Waals surface area contributed by atoms with Crippen molar-refractivity contribution in [3.05, 3.63) is 44.6 Å². The first-order valence-electron chi connectivity index (χ1n) is 6.50. The molecule has 0 aliphatic carbocycles. The zero-order chi connectivity index (χ0) is 15.7. The number of amides is 1. The van der Waals surface area contributed by atoms with E-state index in [-0.39, 0.29) is 5.78 Å². The van der Waals surface area contributed by atoms with Gasteiger partial charge in [0.05, 0.1) is 4.88 Å². The molecule has 5 heteroatoms. The number of hydrogen-bond donors (Lipinski definition) is 2. The van der Waals surface area contributed by atoms with E-state index in [1.807, 2.05) is 32.2 Å². The van der Waals surface area contributed by atoms with Crippen LogP contribution in [0, 0.1) is 20.8 Å². The number of primary amides is 1. The molecule has 2 aromatic rings. The molecule has 0 spiro atoms. The van der Waals surface area contributed by atoms with Crippen LogP contribution in [0.15, 0.2) is 17.5 Å². The maximum absolute atomic E-state index is 12.1. The third-order valence-corrected chi connectivity index (χ3v) is 4.49. The topological polar surface area (TPSA) is 80.4 Å². The Morgan fingerprint density at radius 3 is 2.38 bits per heavy atom. The highest BCUT2D eigenvalue weighted by Gasteiger charge is 2.22. The molecule has 2 rings (SSSR count). The summed E-state index contributed by atoms with van der Waals surface area (Å²) >= 11 is 1.27. The van der Waals surface area contributed by atoms with E-state index in [1.54, 1.807) is 6.07 Å². The number of ketones is 1. The largest absolute Gasteiger partial charge is 0.388 e. The molecule has 3 N–H and O–H groups in total. The van der Waals surface area contributed by atoms with Crippen LogP contribution in [-0.4, -0.2) is 23.4 Å². The minimum atomic E-state index is -0.565. The fourth-order valence-electron chi connectivity index (χ4n) is 2.54. The van der Waals surface area contributed by atoms with Gasteiger partial charge in [-0.2, -0.15) is 0 Å². The minimum Gasteiger partial charge on any atom is -0.388 e. The van der Waals surface area contributed by atoms with Gasteiger partial charge >= 0.3 is 0 Å². The molecule has 21 heavy (non-hydrogen) atoms. The number of rotatable bonds is 4. The summed E-state index contributed by atoms with van der Waals surface area (Å²) in [6.07, 6.45) is 0. The standard InChI is InChI=1S/C16H17NO3S/c1-8-4-9(2)13(11(5-8)12(19)6-18)14-10(3)7-21-15(14)16(17)20/h4-5,7,18H,6H2,1-3H3,(H2,17,20). The predicted octanol–water partition coefficient (Wildman–Crippen LogP) is 2.61. The van der Waals surface area contributed by atoms with Gasteiger partial charge < -0.3 is 10.8 Å². The molecule has 1 aromatic carbocycles. The Bertz CT molecular complexity index is 731. The molecule has 0 unspecified atom stereocenters. The fraction of sp³-hybridized carbons (Fsp3) is 0.250. The number of aliphatic hydroxyl groups excluding tert-OH is 1. The summed E-state index contributed by atoms with van der Waals surface area (Å²) in [5.41, 5.74) is 9.97. The van der Waals surface area contributed by atoms with E-state index in [1.165, 1.54) is 11.3 Å². The Hall–Kier alpha value is -1.98. The first-order chi connectivity index (χ1) is 9.86.